The molecule has 0 aliphatic carbocycles. The fraction of sp³-hybridized carbons (Fsp3) is 0.643. The van der Waals surface area contributed by atoms with Crippen molar-refractivity contribution in [2.24, 2.45) is 10.7 Å². The summed E-state index contributed by atoms with van der Waals surface area (Å²) in [7, 11) is 1.00. The van der Waals surface area contributed by atoms with E-state index in [9.17, 15) is 4.39 Å². The van der Waals surface area contributed by atoms with Crippen LogP contribution in [0.2, 0.25) is 0 Å². The van der Waals surface area contributed by atoms with Crippen molar-refractivity contribution in [2.75, 3.05) is 13.7 Å². The molecule has 36 heavy (non-hydrogen) atoms. The van der Waals surface area contributed by atoms with E-state index in [1.54, 1.807) is 12.5 Å². The molecule has 7 nitrogen and oxygen atoms in total. The molecule has 0 amide bonds. The molecule has 1 aliphatic rings. The Labute approximate surface area is 218 Å². The summed E-state index contributed by atoms with van der Waals surface area (Å²) in [4.78, 5) is 8.02. The number of aliphatic imine (C=N–C) groups is 1. The third-order valence-electron chi connectivity index (χ3n) is 5.81. The fourth-order valence-corrected chi connectivity index (χ4v) is 3.67. The molecule has 1 saturated heterocycles. The van der Waals surface area contributed by atoms with Crippen molar-refractivity contribution in [1.29, 1.82) is 0 Å². The van der Waals surface area contributed by atoms with E-state index in [0.717, 1.165) is 38.6 Å². The molecule has 2 atom stereocenters. The number of allylic oxidation sites excluding steroid dienone is 1. The summed E-state index contributed by atoms with van der Waals surface area (Å²) in [6.45, 7) is 12.7. The Balaban J connectivity index is 0.000000796. The quantitative estimate of drug-likeness (QED) is 0.102. The lowest BCUT2D eigenvalue weighted by molar-refractivity contribution is -0.0278. The number of nitrogens with two attached hydrogens (primary N) is 1. The van der Waals surface area contributed by atoms with Gasteiger partial charge in [0.15, 0.2) is 5.84 Å². The van der Waals surface area contributed by atoms with Crippen LogP contribution in [0.3, 0.4) is 0 Å². The first-order valence-corrected chi connectivity index (χ1v) is 13.0. The molecule has 1 aromatic heterocycles. The molecule has 0 saturated carbocycles. The van der Waals surface area contributed by atoms with Gasteiger partial charge in [-0.1, -0.05) is 64.9 Å². The minimum atomic E-state index is -0.588. The third-order valence-corrected chi connectivity index (χ3v) is 5.81. The lowest BCUT2D eigenvalue weighted by Crippen LogP contribution is -2.22. The molecule has 0 radical (unpaired) electrons. The fourth-order valence-electron chi connectivity index (χ4n) is 3.67. The van der Waals surface area contributed by atoms with Gasteiger partial charge in [0.1, 0.15) is 17.5 Å². The van der Waals surface area contributed by atoms with Gasteiger partial charge in [0.05, 0.1) is 6.33 Å². The predicted octanol–water partition coefficient (Wildman–Crippen LogP) is 5.90. The average Bonchev–Trinajstić information content (AvgIpc) is 3.46. The number of aromatic nitrogens is 2. The Morgan fingerprint density at radius 3 is 2.61 bits per heavy atom. The number of terminal acetylenes is 1. The van der Waals surface area contributed by atoms with Crippen molar-refractivity contribution in [3.05, 3.63) is 42.5 Å². The Morgan fingerprint density at radius 1 is 1.36 bits per heavy atom. The zero-order chi connectivity index (χ0) is 27.4. The largest absolute Gasteiger partial charge is 0.400 e. The van der Waals surface area contributed by atoms with Crippen LogP contribution in [0.1, 0.15) is 103 Å². The molecular formula is C28H48FN5O2. The second-order valence-corrected chi connectivity index (χ2v) is 8.81. The van der Waals surface area contributed by atoms with Crippen LogP contribution in [-0.4, -0.2) is 39.7 Å². The minimum Gasteiger partial charge on any atom is -0.400 e. The maximum absolute atomic E-state index is 13.6. The minimum absolute atomic E-state index is 0.0591. The van der Waals surface area contributed by atoms with Gasteiger partial charge in [-0.15, -0.1) is 6.42 Å². The zero-order valence-corrected chi connectivity index (χ0v) is 23.0. The summed E-state index contributed by atoms with van der Waals surface area (Å²) >= 11 is 0. The highest BCUT2D eigenvalue weighted by molar-refractivity contribution is 5.97. The third kappa shape index (κ3) is 12.4. The molecule has 1 aromatic rings. The predicted molar refractivity (Wildman–Crippen MR) is 148 cm³/mol. The summed E-state index contributed by atoms with van der Waals surface area (Å²) in [6, 6.07) is 0. The highest BCUT2D eigenvalue weighted by atomic mass is 19.1. The number of nitrogens with one attached hydrogen (secondary N) is 1. The Kier molecular flexibility index (Phi) is 18.1. The SMILES string of the molecule is C#CC1(C)CCC(n2cnc(/C(N)=N\C(F)=C\CCC)c2C)O1.C=CNCCCCCCCC.CO. The monoisotopic (exact) mass is 505 g/mol. The van der Waals surface area contributed by atoms with Crippen LogP contribution in [0.25, 0.3) is 0 Å². The van der Waals surface area contributed by atoms with Gasteiger partial charge in [-0.3, -0.25) is 0 Å². The Morgan fingerprint density at radius 2 is 2.03 bits per heavy atom. The highest BCUT2D eigenvalue weighted by Gasteiger charge is 2.36. The molecule has 2 heterocycles. The molecule has 0 aromatic carbocycles. The van der Waals surface area contributed by atoms with Gasteiger partial charge in [0.2, 0.25) is 5.95 Å². The first kappa shape index (κ1) is 33.4. The standard InChI is InChI=1S/C17H23FN4O.C10H21N.CH4O/c1-5-7-8-13(18)21-16(19)15-12(3)22(11-20-15)14-9-10-17(4,6-2)23-14;1-3-5-6-7-8-9-10-11-4-2;1-2/h2,8,11,14H,5,7,9-10H2,1,3-4H3,(H2,19,21);4,11H,2-3,5-10H2,1H3;2H,1H3/b13-8+;;. The molecule has 4 N–H and O–H groups in total. The number of hydrogen-bond acceptors (Lipinski definition) is 5. The van der Waals surface area contributed by atoms with Gasteiger partial charge in [-0.25, -0.2) is 9.98 Å². The van der Waals surface area contributed by atoms with Crippen LogP contribution < -0.4 is 11.1 Å². The van der Waals surface area contributed by atoms with Crippen molar-refractivity contribution in [3.8, 4) is 12.3 Å². The number of rotatable bonds is 13. The van der Waals surface area contributed by atoms with E-state index in [2.05, 4.69) is 34.7 Å². The van der Waals surface area contributed by atoms with E-state index >= 15 is 0 Å². The van der Waals surface area contributed by atoms with Crippen LogP contribution in [-0.2, 0) is 4.74 Å². The van der Waals surface area contributed by atoms with Crippen molar-refractivity contribution < 1.29 is 14.2 Å². The number of amidine groups is 1. The topological polar surface area (TPSA) is 97.7 Å². The van der Waals surface area contributed by atoms with Gasteiger partial charge < -0.3 is 25.5 Å². The van der Waals surface area contributed by atoms with Crippen molar-refractivity contribution in [3.63, 3.8) is 0 Å². The lowest BCUT2D eigenvalue weighted by Gasteiger charge is -2.19. The molecular weight excluding hydrogens is 457 g/mol. The van der Waals surface area contributed by atoms with E-state index in [0.29, 0.717) is 12.1 Å². The van der Waals surface area contributed by atoms with Crippen molar-refractivity contribution >= 4 is 5.84 Å². The maximum Gasteiger partial charge on any atom is 0.210 e. The number of halogens is 1. The van der Waals surface area contributed by atoms with Crippen LogP contribution in [0, 0.1) is 19.3 Å². The van der Waals surface area contributed by atoms with Crippen LogP contribution >= 0.6 is 0 Å². The van der Waals surface area contributed by atoms with E-state index in [1.807, 2.05) is 25.3 Å². The van der Waals surface area contributed by atoms with Crippen molar-refractivity contribution in [2.45, 2.75) is 104 Å². The lowest BCUT2D eigenvalue weighted by atomic mass is 10.0. The molecule has 204 valence electrons. The van der Waals surface area contributed by atoms with Crippen LogP contribution in [0.5, 0.6) is 0 Å². The van der Waals surface area contributed by atoms with Gasteiger partial charge in [0.25, 0.3) is 0 Å². The van der Waals surface area contributed by atoms with E-state index in [1.165, 1.54) is 44.6 Å². The Hall–Kier alpha value is -2.63. The molecule has 8 heteroatoms. The second kappa shape index (κ2) is 19.5. The summed E-state index contributed by atoms with van der Waals surface area (Å²) in [5, 5.41) is 10.1. The van der Waals surface area contributed by atoms with Gasteiger partial charge >= 0.3 is 0 Å². The van der Waals surface area contributed by atoms with Gasteiger partial charge in [0, 0.05) is 19.3 Å². The van der Waals surface area contributed by atoms with E-state index in [-0.39, 0.29) is 12.1 Å². The molecule has 2 unspecified atom stereocenters. The molecule has 0 bridgehead atoms. The second-order valence-electron chi connectivity index (χ2n) is 8.81. The number of aliphatic hydroxyl groups excluding tert-OH is 1. The van der Waals surface area contributed by atoms with Crippen molar-refractivity contribution in [1.82, 2.24) is 14.9 Å². The molecule has 0 spiro atoms. The van der Waals surface area contributed by atoms with Crippen LogP contribution in [0.4, 0.5) is 4.39 Å². The first-order chi connectivity index (χ1) is 17.3. The highest BCUT2D eigenvalue weighted by Crippen LogP contribution is 2.36. The zero-order valence-electron chi connectivity index (χ0n) is 23.0. The first-order valence-electron chi connectivity index (χ1n) is 13.0. The smallest absolute Gasteiger partial charge is 0.210 e. The van der Waals surface area contributed by atoms with Gasteiger partial charge in [-0.2, -0.15) is 4.39 Å². The van der Waals surface area contributed by atoms with Gasteiger partial charge in [-0.05, 0) is 51.8 Å². The van der Waals surface area contributed by atoms with E-state index < -0.39 is 11.6 Å². The maximum atomic E-state index is 13.6. The average molecular weight is 506 g/mol. The summed E-state index contributed by atoms with van der Waals surface area (Å²) < 4.78 is 21.4. The number of aliphatic hydroxyl groups is 1. The number of ether oxygens (including phenoxy) is 1. The molecule has 1 fully saturated rings. The number of unbranched alkanes of at least 4 members (excludes halogenated alkanes) is 6. The molecule has 2 rings (SSSR count). The van der Waals surface area contributed by atoms with Crippen LogP contribution in [0.15, 0.2) is 36.1 Å². The normalized spacial score (nSPS) is 19.4. The number of imidazole rings is 1. The Bertz CT molecular complexity index is 843. The molecule has 1 aliphatic heterocycles. The number of hydrogen-bond donors (Lipinski definition) is 3. The summed E-state index contributed by atoms with van der Waals surface area (Å²) in [5.74, 6) is 2.14. The van der Waals surface area contributed by atoms with E-state index in [4.69, 9.17) is 22.0 Å². The summed E-state index contributed by atoms with van der Waals surface area (Å²) in [5.41, 5.74) is 6.56. The number of nitrogens with zero attached hydrogens (tertiary/aromatic N) is 3. The summed E-state index contributed by atoms with van der Waals surface area (Å²) in [6.07, 6.45) is 21.4.